The molecule has 1 aromatic heterocycles. The Kier molecular flexibility index (Phi) is 3.77. The van der Waals surface area contributed by atoms with E-state index < -0.39 is 0 Å². The molecule has 1 aromatic carbocycles. The molecule has 3 nitrogen and oxygen atoms in total. The van der Waals surface area contributed by atoms with E-state index in [0.717, 1.165) is 40.7 Å². The highest BCUT2D eigenvalue weighted by Crippen LogP contribution is 2.31. The van der Waals surface area contributed by atoms with Gasteiger partial charge >= 0.3 is 0 Å². The Bertz CT molecular complexity index is 594. The minimum absolute atomic E-state index is 0.771. The van der Waals surface area contributed by atoms with Gasteiger partial charge in [0.2, 0.25) is 0 Å². The van der Waals surface area contributed by atoms with Crippen LogP contribution < -0.4 is 11.1 Å². The lowest BCUT2D eigenvalue weighted by atomic mass is 9.80. The predicted octanol–water partition coefficient (Wildman–Crippen LogP) is 4.06. The summed E-state index contributed by atoms with van der Waals surface area (Å²) in [6, 6.07) is 8.06. The summed E-state index contributed by atoms with van der Waals surface area (Å²) in [6.45, 7) is 3.40. The zero-order chi connectivity index (χ0) is 13.9. The van der Waals surface area contributed by atoms with Crippen LogP contribution in [0.15, 0.2) is 30.5 Å². The molecule has 0 saturated heterocycles. The number of nitrogens with one attached hydrogen (secondary N) is 1. The van der Waals surface area contributed by atoms with Gasteiger partial charge in [0.15, 0.2) is 0 Å². The molecule has 1 fully saturated rings. The van der Waals surface area contributed by atoms with Gasteiger partial charge in [-0.15, -0.1) is 0 Å². The third-order valence-electron chi connectivity index (χ3n) is 4.67. The average molecular weight is 269 g/mol. The van der Waals surface area contributed by atoms with Crippen LogP contribution in [0.3, 0.4) is 0 Å². The number of rotatable bonds is 3. The Morgan fingerprint density at radius 3 is 2.95 bits per heavy atom. The van der Waals surface area contributed by atoms with Crippen molar-refractivity contribution in [1.82, 2.24) is 4.98 Å². The number of benzene rings is 1. The first-order chi connectivity index (χ1) is 9.75. The predicted molar refractivity (Wildman–Crippen MR) is 85.8 cm³/mol. The Labute approximate surface area is 120 Å². The number of nitrogens with zero attached hydrogens (tertiary/aromatic N) is 1. The van der Waals surface area contributed by atoms with E-state index in [0.29, 0.717) is 0 Å². The Hall–Kier alpha value is -1.77. The maximum atomic E-state index is 6.27. The lowest BCUT2D eigenvalue weighted by Gasteiger charge is -2.29. The van der Waals surface area contributed by atoms with Gasteiger partial charge in [0.25, 0.3) is 0 Å². The second-order valence-corrected chi connectivity index (χ2v) is 6.00. The standard InChI is InChI=1S/C17H23N3/c1-12-5-2-3-6-13(12)11-20-16-9-8-15-14(17(16)18)7-4-10-19-15/h4,7-10,12-13,20H,2-3,5-6,11,18H2,1H3. The molecular weight excluding hydrogens is 246 g/mol. The molecule has 3 N–H and O–H groups in total. The van der Waals surface area contributed by atoms with Crippen molar-refractivity contribution >= 4 is 22.3 Å². The van der Waals surface area contributed by atoms with E-state index >= 15 is 0 Å². The number of anilines is 2. The van der Waals surface area contributed by atoms with Crippen LogP contribution >= 0.6 is 0 Å². The van der Waals surface area contributed by atoms with Gasteiger partial charge < -0.3 is 11.1 Å². The van der Waals surface area contributed by atoms with Gasteiger partial charge in [-0.1, -0.05) is 26.2 Å². The summed E-state index contributed by atoms with van der Waals surface area (Å²) in [5.41, 5.74) is 9.09. The largest absolute Gasteiger partial charge is 0.397 e. The van der Waals surface area contributed by atoms with Crippen molar-refractivity contribution in [2.45, 2.75) is 32.6 Å². The highest BCUT2D eigenvalue weighted by molar-refractivity contribution is 5.96. The summed E-state index contributed by atoms with van der Waals surface area (Å²) in [4.78, 5) is 4.34. The van der Waals surface area contributed by atoms with Gasteiger partial charge in [0, 0.05) is 18.1 Å². The molecule has 0 spiro atoms. The first-order valence-corrected chi connectivity index (χ1v) is 7.63. The SMILES string of the molecule is CC1CCCCC1CNc1ccc2ncccc2c1N. The van der Waals surface area contributed by atoms with Crippen molar-refractivity contribution in [3.05, 3.63) is 30.5 Å². The monoisotopic (exact) mass is 269 g/mol. The molecule has 0 aliphatic heterocycles. The second kappa shape index (κ2) is 5.70. The summed E-state index contributed by atoms with van der Waals surface area (Å²) in [7, 11) is 0. The Morgan fingerprint density at radius 1 is 1.25 bits per heavy atom. The molecule has 3 rings (SSSR count). The fraction of sp³-hybridized carbons (Fsp3) is 0.471. The van der Waals surface area contributed by atoms with Crippen LogP contribution in [0.4, 0.5) is 11.4 Å². The van der Waals surface area contributed by atoms with Gasteiger partial charge in [-0.05, 0) is 42.5 Å². The van der Waals surface area contributed by atoms with Crippen LogP contribution in [0, 0.1) is 11.8 Å². The fourth-order valence-corrected chi connectivity index (χ4v) is 3.27. The van der Waals surface area contributed by atoms with Gasteiger partial charge in [0.1, 0.15) is 0 Å². The molecule has 0 amide bonds. The molecule has 106 valence electrons. The topological polar surface area (TPSA) is 50.9 Å². The van der Waals surface area contributed by atoms with Crippen LogP contribution in [0.1, 0.15) is 32.6 Å². The molecule has 20 heavy (non-hydrogen) atoms. The number of hydrogen-bond acceptors (Lipinski definition) is 3. The van der Waals surface area contributed by atoms with E-state index in [9.17, 15) is 0 Å². The van der Waals surface area contributed by atoms with Crippen molar-refractivity contribution in [2.75, 3.05) is 17.6 Å². The number of nitrogens with two attached hydrogens (primary N) is 1. The Balaban J connectivity index is 1.75. The molecule has 1 aliphatic carbocycles. The van der Waals surface area contributed by atoms with Crippen molar-refractivity contribution in [3.63, 3.8) is 0 Å². The maximum Gasteiger partial charge on any atom is 0.0724 e. The number of fused-ring (bicyclic) bond motifs is 1. The van der Waals surface area contributed by atoms with E-state index in [1.54, 1.807) is 6.20 Å². The van der Waals surface area contributed by atoms with Crippen LogP contribution in [0.2, 0.25) is 0 Å². The highest BCUT2D eigenvalue weighted by atomic mass is 14.9. The maximum absolute atomic E-state index is 6.27. The second-order valence-electron chi connectivity index (χ2n) is 6.00. The summed E-state index contributed by atoms with van der Waals surface area (Å²) in [5.74, 6) is 1.59. The van der Waals surface area contributed by atoms with E-state index in [4.69, 9.17) is 5.73 Å². The minimum atomic E-state index is 0.771. The quantitative estimate of drug-likeness (QED) is 0.826. The third kappa shape index (κ3) is 2.58. The van der Waals surface area contributed by atoms with Crippen molar-refractivity contribution in [1.29, 1.82) is 0 Å². The van der Waals surface area contributed by atoms with E-state index in [1.807, 2.05) is 18.2 Å². The molecule has 1 saturated carbocycles. The van der Waals surface area contributed by atoms with E-state index in [1.165, 1.54) is 25.7 Å². The number of hydrogen-bond donors (Lipinski definition) is 2. The van der Waals surface area contributed by atoms with Crippen LogP contribution in [-0.4, -0.2) is 11.5 Å². The zero-order valence-corrected chi connectivity index (χ0v) is 12.1. The highest BCUT2D eigenvalue weighted by Gasteiger charge is 2.21. The molecule has 1 aliphatic rings. The van der Waals surface area contributed by atoms with Crippen molar-refractivity contribution < 1.29 is 0 Å². The first kappa shape index (κ1) is 13.2. The molecule has 2 aromatic rings. The van der Waals surface area contributed by atoms with E-state index in [-0.39, 0.29) is 0 Å². The molecule has 1 heterocycles. The van der Waals surface area contributed by atoms with Gasteiger partial charge in [-0.25, -0.2) is 0 Å². The lowest BCUT2D eigenvalue weighted by Crippen LogP contribution is -2.24. The van der Waals surface area contributed by atoms with Gasteiger partial charge in [0.05, 0.1) is 16.9 Å². The van der Waals surface area contributed by atoms with E-state index in [2.05, 4.69) is 23.3 Å². The number of aromatic nitrogens is 1. The number of pyridine rings is 1. The smallest absolute Gasteiger partial charge is 0.0724 e. The molecule has 0 radical (unpaired) electrons. The van der Waals surface area contributed by atoms with Gasteiger partial charge in [-0.2, -0.15) is 0 Å². The molecular formula is C17H23N3. The fourth-order valence-electron chi connectivity index (χ4n) is 3.27. The zero-order valence-electron chi connectivity index (χ0n) is 12.1. The minimum Gasteiger partial charge on any atom is -0.397 e. The van der Waals surface area contributed by atoms with Crippen molar-refractivity contribution in [3.8, 4) is 0 Å². The lowest BCUT2D eigenvalue weighted by molar-refractivity contribution is 0.268. The van der Waals surface area contributed by atoms with Crippen LogP contribution in [-0.2, 0) is 0 Å². The first-order valence-electron chi connectivity index (χ1n) is 7.63. The summed E-state index contributed by atoms with van der Waals surface area (Å²) in [6.07, 6.45) is 7.26. The molecule has 2 atom stereocenters. The average Bonchev–Trinajstić information content (AvgIpc) is 2.48. The van der Waals surface area contributed by atoms with Crippen molar-refractivity contribution in [2.24, 2.45) is 11.8 Å². The Morgan fingerprint density at radius 2 is 2.10 bits per heavy atom. The van der Waals surface area contributed by atoms with Crippen LogP contribution in [0.25, 0.3) is 10.9 Å². The molecule has 3 heteroatoms. The summed E-state index contributed by atoms with van der Waals surface area (Å²) < 4.78 is 0. The molecule has 0 bridgehead atoms. The summed E-state index contributed by atoms with van der Waals surface area (Å²) >= 11 is 0. The van der Waals surface area contributed by atoms with Crippen LogP contribution in [0.5, 0.6) is 0 Å². The number of nitrogen functional groups attached to an aromatic ring is 1. The normalized spacial score (nSPS) is 22.9. The third-order valence-corrected chi connectivity index (χ3v) is 4.67. The molecule has 2 unspecified atom stereocenters. The van der Waals surface area contributed by atoms with Gasteiger partial charge in [-0.3, -0.25) is 4.98 Å². The summed E-state index contributed by atoms with van der Waals surface area (Å²) in [5, 5.41) is 4.59.